The van der Waals surface area contributed by atoms with Crippen LogP contribution in [0.5, 0.6) is 11.5 Å². The number of rotatable bonds is 8. The average Bonchev–Trinajstić information content (AvgIpc) is 2.93. The molecule has 1 aliphatic heterocycles. The van der Waals surface area contributed by atoms with Gasteiger partial charge in [-0.15, -0.1) is 0 Å². The normalized spacial score (nSPS) is 13.7. The molecule has 0 atom stereocenters. The van der Waals surface area contributed by atoms with Crippen LogP contribution in [0.2, 0.25) is 0 Å². The fourth-order valence-electron chi connectivity index (χ4n) is 4.18. The first-order chi connectivity index (χ1) is 17.5. The zero-order chi connectivity index (χ0) is 25.5. The number of benzene rings is 2. The fraction of sp³-hybridized carbons (Fsp3) is 0.296. The van der Waals surface area contributed by atoms with E-state index >= 15 is 0 Å². The first kappa shape index (κ1) is 25.0. The minimum atomic E-state index is -0.495. The van der Waals surface area contributed by atoms with Crippen molar-refractivity contribution in [2.45, 2.75) is 19.4 Å². The highest BCUT2D eigenvalue weighted by Gasteiger charge is 2.26. The van der Waals surface area contributed by atoms with Gasteiger partial charge in [-0.05, 0) is 49.2 Å². The van der Waals surface area contributed by atoms with Crippen LogP contribution < -0.4 is 25.0 Å². The van der Waals surface area contributed by atoms with Gasteiger partial charge >= 0.3 is 0 Å². The summed E-state index contributed by atoms with van der Waals surface area (Å²) in [5.41, 5.74) is 1.38. The smallest absolute Gasteiger partial charge is 0.255 e. The van der Waals surface area contributed by atoms with E-state index in [1.165, 1.54) is 12.1 Å². The Kier molecular flexibility index (Phi) is 7.99. The molecule has 0 bridgehead atoms. The molecule has 188 valence electrons. The number of methoxy groups -OCH3 is 2. The van der Waals surface area contributed by atoms with Crippen molar-refractivity contribution >= 4 is 23.3 Å². The van der Waals surface area contributed by atoms with Gasteiger partial charge in [-0.3, -0.25) is 9.59 Å². The van der Waals surface area contributed by atoms with Crippen LogP contribution in [-0.2, 0) is 11.3 Å². The van der Waals surface area contributed by atoms with Gasteiger partial charge in [0.1, 0.15) is 23.1 Å². The first-order valence-corrected chi connectivity index (χ1v) is 11.7. The number of anilines is 2. The molecular formula is C27H29FN4O4. The van der Waals surface area contributed by atoms with Gasteiger partial charge < -0.3 is 25.0 Å². The molecule has 36 heavy (non-hydrogen) atoms. The zero-order valence-corrected chi connectivity index (χ0v) is 20.3. The number of carbonyl (C=O) groups is 2. The molecule has 2 heterocycles. The number of carbonyl (C=O) groups excluding carboxylic acids is 2. The van der Waals surface area contributed by atoms with Gasteiger partial charge in [0.2, 0.25) is 5.91 Å². The Labute approximate surface area is 209 Å². The highest BCUT2D eigenvalue weighted by Crippen LogP contribution is 2.26. The quantitative estimate of drug-likeness (QED) is 0.494. The Hall–Kier alpha value is -4.14. The SMILES string of the molecule is COc1ccc(CNC(=O)C2CCN(c3cc(C(=O)Nc4ccccc4F)ccn3)CC2)c(OC)c1. The summed E-state index contributed by atoms with van der Waals surface area (Å²) in [6.07, 6.45) is 2.89. The molecule has 0 unspecified atom stereocenters. The summed E-state index contributed by atoms with van der Waals surface area (Å²) in [5.74, 6) is 0.985. The topological polar surface area (TPSA) is 92.8 Å². The number of hydrogen-bond acceptors (Lipinski definition) is 6. The molecule has 0 aliphatic carbocycles. The van der Waals surface area contributed by atoms with Gasteiger partial charge in [-0.2, -0.15) is 0 Å². The Morgan fingerprint density at radius 2 is 1.83 bits per heavy atom. The van der Waals surface area contributed by atoms with E-state index in [-0.39, 0.29) is 17.5 Å². The molecule has 2 N–H and O–H groups in total. The molecule has 0 radical (unpaired) electrons. The number of nitrogens with one attached hydrogen (secondary N) is 2. The molecule has 9 heteroatoms. The lowest BCUT2D eigenvalue weighted by Crippen LogP contribution is -2.40. The van der Waals surface area contributed by atoms with E-state index in [0.29, 0.717) is 55.4 Å². The minimum Gasteiger partial charge on any atom is -0.497 e. The number of aromatic nitrogens is 1. The zero-order valence-electron chi connectivity index (χ0n) is 20.3. The lowest BCUT2D eigenvalue weighted by molar-refractivity contribution is -0.125. The third kappa shape index (κ3) is 5.91. The molecule has 1 fully saturated rings. The lowest BCUT2D eigenvalue weighted by Gasteiger charge is -2.32. The predicted molar refractivity (Wildman–Crippen MR) is 135 cm³/mol. The van der Waals surface area contributed by atoms with Gasteiger partial charge in [-0.25, -0.2) is 9.37 Å². The van der Waals surface area contributed by atoms with E-state index in [4.69, 9.17) is 9.47 Å². The van der Waals surface area contributed by atoms with E-state index in [9.17, 15) is 14.0 Å². The molecule has 4 rings (SSSR count). The van der Waals surface area contributed by atoms with E-state index in [1.807, 2.05) is 12.1 Å². The average molecular weight is 493 g/mol. The van der Waals surface area contributed by atoms with Gasteiger partial charge in [0.25, 0.3) is 5.91 Å². The maximum Gasteiger partial charge on any atom is 0.255 e. The summed E-state index contributed by atoms with van der Waals surface area (Å²) < 4.78 is 24.5. The van der Waals surface area contributed by atoms with Crippen molar-refractivity contribution in [3.05, 3.63) is 77.7 Å². The number of nitrogens with zero attached hydrogens (tertiary/aromatic N) is 2. The number of piperidine rings is 1. The minimum absolute atomic E-state index is 0.00139. The third-order valence-electron chi connectivity index (χ3n) is 6.27. The molecule has 1 aromatic heterocycles. The second-order valence-corrected chi connectivity index (χ2v) is 8.49. The number of hydrogen-bond donors (Lipinski definition) is 2. The fourth-order valence-corrected chi connectivity index (χ4v) is 4.18. The molecular weight excluding hydrogens is 463 g/mol. The predicted octanol–water partition coefficient (Wildman–Crippen LogP) is 4.02. The van der Waals surface area contributed by atoms with Crippen LogP contribution in [0.25, 0.3) is 0 Å². The first-order valence-electron chi connectivity index (χ1n) is 11.7. The maximum atomic E-state index is 13.9. The molecule has 1 aliphatic rings. The van der Waals surface area contributed by atoms with Crippen molar-refractivity contribution in [3.63, 3.8) is 0 Å². The van der Waals surface area contributed by atoms with Crippen LogP contribution in [0, 0.1) is 11.7 Å². The molecule has 0 saturated carbocycles. The maximum absolute atomic E-state index is 13.9. The Bertz CT molecular complexity index is 1230. The summed E-state index contributed by atoms with van der Waals surface area (Å²) in [7, 11) is 3.18. The number of ether oxygens (including phenoxy) is 2. The van der Waals surface area contributed by atoms with Gasteiger partial charge in [0, 0.05) is 48.9 Å². The molecule has 3 aromatic rings. The lowest BCUT2D eigenvalue weighted by atomic mass is 9.95. The summed E-state index contributed by atoms with van der Waals surface area (Å²) >= 11 is 0. The van der Waals surface area contributed by atoms with Crippen molar-refractivity contribution in [2.75, 3.05) is 37.5 Å². The van der Waals surface area contributed by atoms with Crippen molar-refractivity contribution < 1.29 is 23.5 Å². The summed E-state index contributed by atoms with van der Waals surface area (Å²) in [6.45, 7) is 1.64. The van der Waals surface area contributed by atoms with Gasteiger partial charge in [-0.1, -0.05) is 12.1 Å². The summed E-state index contributed by atoms with van der Waals surface area (Å²) in [4.78, 5) is 31.9. The summed E-state index contributed by atoms with van der Waals surface area (Å²) in [5, 5.41) is 5.60. The highest BCUT2D eigenvalue weighted by atomic mass is 19.1. The van der Waals surface area contributed by atoms with Crippen LogP contribution in [0.4, 0.5) is 15.9 Å². The van der Waals surface area contributed by atoms with Crippen molar-refractivity contribution in [2.24, 2.45) is 5.92 Å². The number of halogens is 1. The molecule has 2 amide bonds. The van der Waals surface area contributed by atoms with E-state index in [0.717, 1.165) is 5.56 Å². The van der Waals surface area contributed by atoms with E-state index in [1.54, 1.807) is 50.7 Å². The number of pyridine rings is 1. The van der Waals surface area contributed by atoms with Crippen molar-refractivity contribution in [3.8, 4) is 11.5 Å². The van der Waals surface area contributed by atoms with Crippen molar-refractivity contribution in [1.82, 2.24) is 10.3 Å². The molecule has 2 aromatic carbocycles. The summed E-state index contributed by atoms with van der Waals surface area (Å²) in [6, 6.07) is 14.8. The van der Waals surface area contributed by atoms with E-state index in [2.05, 4.69) is 20.5 Å². The number of amides is 2. The molecule has 1 saturated heterocycles. The van der Waals surface area contributed by atoms with Crippen LogP contribution in [-0.4, -0.2) is 44.1 Å². The Morgan fingerprint density at radius 1 is 1.06 bits per heavy atom. The van der Waals surface area contributed by atoms with Gasteiger partial charge in [0.05, 0.1) is 19.9 Å². The van der Waals surface area contributed by atoms with Crippen LogP contribution >= 0.6 is 0 Å². The van der Waals surface area contributed by atoms with Crippen LogP contribution in [0.3, 0.4) is 0 Å². The Morgan fingerprint density at radius 3 is 2.56 bits per heavy atom. The monoisotopic (exact) mass is 492 g/mol. The third-order valence-corrected chi connectivity index (χ3v) is 6.27. The molecule has 0 spiro atoms. The second kappa shape index (κ2) is 11.5. The van der Waals surface area contributed by atoms with Crippen molar-refractivity contribution in [1.29, 1.82) is 0 Å². The molecule has 8 nitrogen and oxygen atoms in total. The van der Waals surface area contributed by atoms with Crippen LogP contribution in [0.1, 0.15) is 28.8 Å². The Balaban J connectivity index is 1.31. The van der Waals surface area contributed by atoms with E-state index < -0.39 is 11.7 Å². The second-order valence-electron chi connectivity index (χ2n) is 8.49. The van der Waals surface area contributed by atoms with Gasteiger partial charge in [0.15, 0.2) is 0 Å². The highest BCUT2D eigenvalue weighted by molar-refractivity contribution is 6.04. The largest absolute Gasteiger partial charge is 0.497 e. The number of para-hydroxylation sites is 1. The van der Waals surface area contributed by atoms with Crippen LogP contribution in [0.15, 0.2) is 60.8 Å². The standard InChI is InChI=1S/C27H29FN4O4/c1-35-21-8-7-20(24(16-21)36-2)17-30-26(33)18-10-13-32(14-11-18)25-15-19(9-12-29-25)27(34)31-23-6-4-3-5-22(23)28/h3-9,12,15-16,18H,10-11,13-14,17H2,1-2H3,(H,30,33)(H,31,34).